The average molecular weight is 301 g/mol. The number of nitrogens with one attached hydrogen (secondary N) is 1. The second-order valence-corrected chi connectivity index (χ2v) is 6.10. The lowest BCUT2D eigenvalue weighted by Gasteiger charge is -2.39. The second-order valence-electron chi connectivity index (χ2n) is 6.10. The van der Waals surface area contributed by atoms with Crippen molar-refractivity contribution in [3.05, 3.63) is 29.5 Å². The number of hydrogen-bond donors (Lipinski definition) is 1. The van der Waals surface area contributed by atoms with Crippen molar-refractivity contribution in [1.82, 2.24) is 5.32 Å². The van der Waals surface area contributed by atoms with Crippen molar-refractivity contribution in [3.8, 4) is 5.75 Å². The van der Waals surface area contributed by atoms with Gasteiger partial charge in [-0.2, -0.15) is 0 Å². The number of rotatable bonds is 3. The summed E-state index contributed by atoms with van der Waals surface area (Å²) in [5, 5.41) is 4.04. The third-order valence-electron chi connectivity index (χ3n) is 4.93. The molecule has 1 N–H and O–H groups in total. The lowest BCUT2D eigenvalue weighted by Crippen LogP contribution is -2.53. The number of benzene rings is 1. The van der Waals surface area contributed by atoms with Gasteiger partial charge in [-0.1, -0.05) is 0 Å². The molecule has 1 aromatic carbocycles. The Bertz CT molecular complexity index is 736. The van der Waals surface area contributed by atoms with Crippen LogP contribution < -0.4 is 10.1 Å². The molecule has 0 radical (unpaired) electrons. The van der Waals surface area contributed by atoms with E-state index >= 15 is 0 Å². The summed E-state index contributed by atoms with van der Waals surface area (Å²) in [6.45, 7) is 2.72. The Morgan fingerprint density at radius 1 is 1.41 bits per heavy atom. The van der Waals surface area contributed by atoms with Crippen LogP contribution in [0.15, 0.2) is 22.6 Å². The standard InChI is InChI=1S/C17H19NO4/c1-9-11-4-3-10(20-2)7-15(11)22-16(9)17(19)18-13-8-14-12(13)5-6-21-14/h3-4,7,12-14H,5-6,8H2,1-2H3,(H,18,19). The zero-order chi connectivity index (χ0) is 15.3. The topological polar surface area (TPSA) is 60.7 Å². The molecule has 2 aliphatic rings. The number of methoxy groups -OCH3 is 1. The molecular formula is C17H19NO4. The molecule has 1 aliphatic heterocycles. The summed E-state index contributed by atoms with van der Waals surface area (Å²) < 4.78 is 16.5. The minimum absolute atomic E-state index is 0.136. The predicted octanol–water partition coefficient (Wildman–Crippen LogP) is 2.66. The number of amides is 1. The Labute approximate surface area is 128 Å². The first kappa shape index (κ1) is 13.6. The van der Waals surface area contributed by atoms with Gasteiger partial charge in [0.05, 0.1) is 13.2 Å². The van der Waals surface area contributed by atoms with Crippen LogP contribution in [0, 0.1) is 12.8 Å². The van der Waals surface area contributed by atoms with E-state index in [4.69, 9.17) is 13.9 Å². The number of hydrogen-bond acceptors (Lipinski definition) is 4. The first-order valence-corrected chi connectivity index (χ1v) is 7.67. The summed E-state index contributed by atoms with van der Waals surface area (Å²) in [6, 6.07) is 5.82. The van der Waals surface area contributed by atoms with Crippen molar-refractivity contribution >= 4 is 16.9 Å². The number of fused-ring (bicyclic) bond motifs is 2. The van der Waals surface area contributed by atoms with Crippen LogP contribution in [-0.2, 0) is 4.74 Å². The maximum Gasteiger partial charge on any atom is 0.287 e. The molecule has 5 heteroatoms. The average Bonchev–Trinajstić information content (AvgIpc) is 3.05. The van der Waals surface area contributed by atoms with Crippen molar-refractivity contribution in [3.63, 3.8) is 0 Å². The van der Waals surface area contributed by atoms with Crippen LogP contribution in [0.2, 0.25) is 0 Å². The van der Waals surface area contributed by atoms with E-state index in [1.165, 1.54) is 0 Å². The number of carbonyl (C=O) groups is 1. The summed E-state index contributed by atoms with van der Waals surface area (Å²) in [5.41, 5.74) is 1.55. The molecule has 0 bridgehead atoms. The van der Waals surface area contributed by atoms with Crippen LogP contribution in [0.3, 0.4) is 0 Å². The van der Waals surface area contributed by atoms with Crippen LogP contribution in [0.25, 0.3) is 11.0 Å². The lowest BCUT2D eigenvalue weighted by molar-refractivity contribution is 0.00774. The van der Waals surface area contributed by atoms with Crippen LogP contribution >= 0.6 is 0 Å². The van der Waals surface area contributed by atoms with E-state index < -0.39 is 0 Å². The number of carbonyl (C=O) groups excluding carboxylic acids is 1. The molecule has 1 aliphatic carbocycles. The maximum atomic E-state index is 12.5. The van der Waals surface area contributed by atoms with Gasteiger partial charge in [0.25, 0.3) is 5.91 Å². The predicted molar refractivity (Wildman–Crippen MR) is 81.2 cm³/mol. The van der Waals surface area contributed by atoms with Gasteiger partial charge in [0, 0.05) is 35.6 Å². The fourth-order valence-electron chi connectivity index (χ4n) is 3.55. The molecule has 1 amide bonds. The Morgan fingerprint density at radius 2 is 2.27 bits per heavy atom. The molecule has 1 saturated carbocycles. The third kappa shape index (κ3) is 2.00. The molecule has 3 unspecified atom stereocenters. The molecule has 2 heterocycles. The van der Waals surface area contributed by atoms with Crippen LogP contribution in [0.1, 0.15) is 29.0 Å². The molecule has 5 nitrogen and oxygen atoms in total. The maximum absolute atomic E-state index is 12.5. The SMILES string of the molecule is COc1ccc2c(C)c(C(=O)NC3CC4OCCC34)oc2c1. The summed E-state index contributed by atoms with van der Waals surface area (Å²) in [7, 11) is 1.61. The highest BCUT2D eigenvalue weighted by molar-refractivity contribution is 5.99. The molecule has 2 fully saturated rings. The number of aryl methyl sites for hydroxylation is 1. The zero-order valence-electron chi connectivity index (χ0n) is 12.7. The monoisotopic (exact) mass is 301 g/mol. The van der Waals surface area contributed by atoms with Crippen molar-refractivity contribution in [2.75, 3.05) is 13.7 Å². The number of ether oxygens (including phenoxy) is 2. The van der Waals surface area contributed by atoms with Gasteiger partial charge in [-0.05, 0) is 31.9 Å². The van der Waals surface area contributed by atoms with E-state index in [1.54, 1.807) is 7.11 Å². The summed E-state index contributed by atoms with van der Waals surface area (Å²) >= 11 is 0. The molecule has 4 rings (SSSR count). The van der Waals surface area contributed by atoms with Gasteiger partial charge < -0.3 is 19.2 Å². The second kappa shape index (κ2) is 5.02. The smallest absolute Gasteiger partial charge is 0.287 e. The molecule has 116 valence electrons. The molecule has 0 spiro atoms. The normalized spacial score (nSPS) is 26.5. The molecule has 3 atom stereocenters. The molecule has 2 aromatic rings. The summed E-state index contributed by atoms with van der Waals surface area (Å²) in [4.78, 5) is 12.5. The zero-order valence-corrected chi connectivity index (χ0v) is 12.7. The van der Waals surface area contributed by atoms with Gasteiger partial charge in [0.1, 0.15) is 11.3 Å². The Kier molecular flexibility index (Phi) is 3.11. The fourth-order valence-corrected chi connectivity index (χ4v) is 3.55. The number of furan rings is 1. The molecule has 22 heavy (non-hydrogen) atoms. The third-order valence-corrected chi connectivity index (χ3v) is 4.93. The van der Waals surface area contributed by atoms with Crippen molar-refractivity contribution in [1.29, 1.82) is 0 Å². The summed E-state index contributed by atoms with van der Waals surface area (Å²) in [5.74, 6) is 1.44. The molecule has 1 saturated heterocycles. The van der Waals surface area contributed by atoms with E-state index in [2.05, 4.69) is 5.32 Å². The van der Waals surface area contributed by atoms with Crippen LogP contribution in [0.5, 0.6) is 5.75 Å². The van der Waals surface area contributed by atoms with Gasteiger partial charge >= 0.3 is 0 Å². The van der Waals surface area contributed by atoms with Crippen molar-refractivity contribution < 1.29 is 18.7 Å². The van der Waals surface area contributed by atoms with E-state index in [0.717, 1.165) is 36.1 Å². The van der Waals surface area contributed by atoms with Crippen LogP contribution in [0.4, 0.5) is 0 Å². The Morgan fingerprint density at radius 3 is 3.05 bits per heavy atom. The minimum atomic E-state index is -0.136. The van der Waals surface area contributed by atoms with Crippen LogP contribution in [-0.4, -0.2) is 31.8 Å². The van der Waals surface area contributed by atoms with Gasteiger partial charge in [-0.15, -0.1) is 0 Å². The minimum Gasteiger partial charge on any atom is -0.497 e. The van der Waals surface area contributed by atoms with Gasteiger partial charge in [-0.25, -0.2) is 0 Å². The van der Waals surface area contributed by atoms with Crippen molar-refractivity contribution in [2.24, 2.45) is 5.92 Å². The van der Waals surface area contributed by atoms with Gasteiger partial charge in [0.15, 0.2) is 5.76 Å². The highest BCUT2D eigenvalue weighted by atomic mass is 16.5. The first-order chi connectivity index (χ1) is 10.7. The van der Waals surface area contributed by atoms with E-state index in [-0.39, 0.29) is 11.9 Å². The van der Waals surface area contributed by atoms with Crippen molar-refractivity contribution in [2.45, 2.75) is 31.9 Å². The molecule has 1 aromatic heterocycles. The van der Waals surface area contributed by atoms with E-state index in [9.17, 15) is 4.79 Å². The first-order valence-electron chi connectivity index (χ1n) is 7.67. The highest BCUT2D eigenvalue weighted by Gasteiger charge is 2.46. The largest absolute Gasteiger partial charge is 0.497 e. The Hall–Kier alpha value is -2.01. The Balaban J connectivity index is 1.57. The fraction of sp³-hybridized carbons (Fsp3) is 0.471. The van der Waals surface area contributed by atoms with Gasteiger partial charge in [0.2, 0.25) is 0 Å². The lowest BCUT2D eigenvalue weighted by atomic mass is 9.76. The summed E-state index contributed by atoms with van der Waals surface area (Å²) in [6.07, 6.45) is 2.28. The highest BCUT2D eigenvalue weighted by Crippen LogP contribution is 2.39. The van der Waals surface area contributed by atoms with E-state index in [1.807, 2.05) is 25.1 Å². The molecular weight excluding hydrogens is 282 g/mol. The van der Waals surface area contributed by atoms with Gasteiger partial charge in [-0.3, -0.25) is 4.79 Å². The van der Waals surface area contributed by atoms with E-state index in [0.29, 0.717) is 23.4 Å². The quantitative estimate of drug-likeness (QED) is 0.947.